The number of carbonyl (C=O) groups is 1. The molecule has 2 aliphatic rings. The molecule has 1 saturated heterocycles. The van der Waals surface area contributed by atoms with Crippen LogP contribution in [0.3, 0.4) is 0 Å². The summed E-state index contributed by atoms with van der Waals surface area (Å²) in [4.78, 5) is 35.9. The zero-order valence-electron chi connectivity index (χ0n) is 12.7. The zero-order chi connectivity index (χ0) is 15.8. The van der Waals surface area contributed by atoms with Crippen LogP contribution in [0.5, 0.6) is 0 Å². The molecule has 0 aliphatic carbocycles. The van der Waals surface area contributed by atoms with Gasteiger partial charge in [0.2, 0.25) is 0 Å². The summed E-state index contributed by atoms with van der Waals surface area (Å²) < 4.78 is 0. The minimum Gasteiger partial charge on any atom is -0.317 e. The summed E-state index contributed by atoms with van der Waals surface area (Å²) in [5.74, 6) is 0.466. The Hall–Kier alpha value is -2.63. The summed E-state index contributed by atoms with van der Waals surface area (Å²) in [6, 6.07) is 9.13. The molecule has 0 spiro atoms. The lowest BCUT2D eigenvalue weighted by atomic mass is 10.00. The number of aromatic nitrogens is 2. The Balaban J connectivity index is 1.93. The first-order valence-corrected chi connectivity index (χ1v) is 8.01. The lowest BCUT2D eigenvalue weighted by molar-refractivity contribution is 0.179. The predicted molar refractivity (Wildman–Crippen MR) is 86.7 cm³/mol. The number of anilines is 2. The number of hydrogen-bond donors (Lipinski definition) is 1. The molecule has 118 valence electrons. The first kappa shape index (κ1) is 14.0. The monoisotopic (exact) mass is 310 g/mol. The third kappa shape index (κ3) is 2.21. The average molecular weight is 310 g/mol. The maximum Gasteiger partial charge on any atom is 0.330 e. The first-order chi connectivity index (χ1) is 11.3. The van der Waals surface area contributed by atoms with Crippen LogP contribution < -0.4 is 10.5 Å². The van der Waals surface area contributed by atoms with E-state index in [0.29, 0.717) is 17.9 Å². The van der Waals surface area contributed by atoms with Gasteiger partial charge in [-0.3, -0.25) is 4.79 Å². The molecule has 6 nitrogen and oxygen atoms in total. The molecule has 1 fully saturated rings. The summed E-state index contributed by atoms with van der Waals surface area (Å²) in [6.45, 7) is 0.681. The Labute approximate surface area is 133 Å². The van der Waals surface area contributed by atoms with Crippen LogP contribution >= 0.6 is 0 Å². The molecule has 23 heavy (non-hydrogen) atoms. The van der Waals surface area contributed by atoms with Gasteiger partial charge in [0.1, 0.15) is 0 Å². The summed E-state index contributed by atoms with van der Waals surface area (Å²) in [7, 11) is 0. The third-order valence-electron chi connectivity index (χ3n) is 4.62. The summed E-state index contributed by atoms with van der Waals surface area (Å²) >= 11 is 0. The number of hydrogen-bond acceptors (Lipinski definition) is 3. The molecular weight excluding hydrogens is 292 g/mol. The van der Waals surface area contributed by atoms with Gasteiger partial charge in [0.25, 0.3) is 5.56 Å². The van der Waals surface area contributed by atoms with Gasteiger partial charge >= 0.3 is 6.03 Å². The molecule has 1 unspecified atom stereocenters. The average Bonchev–Trinajstić information content (AvgIpc) is 2.82. The highest BCUT2D eigenvalue weighted by atomic mass is 16.2. The largest absolute Gasteiger partial charge is 0.330 e. The second kappa shape index (κ2) is 5.53. The van der Waals surface area contributed by atoms with E-state index in [1.165, 1.54) is 6.33 Å². The van der Waals surface area contributed by atoms with E-state index in [1.807, 2.05) is 35.2 Å². The highest BCUT2D eigenvalue weighted by Gasteiger charge is 2.41. The van der Waals surface area contributed by atoms with E-state index in [4.69, 9.17) is 0 Å². The van der Waals surface area contributed by atoms with Crippen molar-refractivity contribution in [3.8, 4) is 0 Å². The van der Waals surface area contributed by atoms with E-state index < -0.39 is 0 Å². The molecule has 2 aromatic rings. The molecule has 0 bridgehead atoms. The molecule has 4 rings (SSSR count). The Morgan fingerprint density at radius 1 is 1.09 bits per heavy atom. The zero-order valence-corrected chi connectivity index (χ0v) is 12.7. The topological polar surface area (TPSA) is 69.3 Å². The highest BCUT2D eigenvalue weighted by Crippen LogP contribution is 2.40. The van der Waals surface area contributed by atoms with E-state index in [-0.39, 0.29) is 17.6 Å². The number of para-hydroxylation sites is 1. The summed E-state index contributed by atoms with van der Waals surface area (Å²) in [6.07, 6.45) is 5.26. The number of H-pyrrole nitrogens is 1. The van der Waals surface area contributed by atoms with Crippen LogP contribution in [0, 0.1) is 0 Å². The van der Waals surface area contributed by atoms with Crippen LogP contribution in [0.4, 0.5) is 16.3 Å². The Morgan fingerprint density at radius 2 is 1.91 bits per heavy atom. The van der Waals surface area contributed by atoms with Crippen LogP contribution in [0.15, 0.2) is 41.5 Å². The minimum absolute atomic E-state index is 0.0892. The van der Waals surface area contributed by atoms with Crippen molar-refractivity contribution in [3.05, 3.63) is 52.6 Å². The van der Waals surface area contributed by atoms with E-state index in [1.54, 1.807) is 4.90 Å². The van der Waals surface area contributed by atoms with Crippen LogP contribution in [0.25, 0.3) is 0 Å². The van der Waals surface area contributed by atoms with Gasteiger partial charge in [-0.05, 0) is 25.0 Å². The van der Waals surface area contributed by atoms with Gasteiger partial charge in [-0.1, -0.05) is 31.0 Å². The smallest absolute Gasteiger partial charge is 0.317 e. The maximum atomic E-state index is 13.1. The normalized spacial score (nSPS) is 20.7. The second-order valence-corrected chi connectivity index (χ2v) is 5.98. The number of nitrogens with zero attached hydrogens (tertiary/aromatic N) is 3. The Bertz CT molecular complexity index is 787. The summed E-state index contributed by atoms with van der Waals surface area (Å²) in [5, 5.41) is 0. The lowest BCUT2D eigenvalue weighted by Gasteiger charge is -2.40. The van der Waals surface area contributed by atoms with Crippen molar-refractivity contribution < 1.29 is 4.79 Å². The predicted octanol–water partition coefficient (Wildman–Crippen LogP) is 2.96. The van der Waals surface area contributed by atoms with Crippen molar-refractivity contribution in [1.29, 1.82) is 0 Å². The fraction of sp³-hybridized carbons (Fsp3) is 0.353. The van der Waals surface area contributed by atoms with Gasteiger partial charge in [-0.15, -0.1) is 0 Å². The fourth-order valence-electron chi connectivity index (χ4n) is 3.55. The summed E-state index contributed by atoms with van der Waals surface area (Å²) in [5.41, 5.74) is 1.19. The van der Waals surface area contributed by atoms with Crippen molar-refractivity contribution in [3.63, 3.8) is 0 Å². The number of amides is 2. The van der Waals surface area contributed by atoms with Crippen LogP contribution in [-0.2, 0) is 0 Å². The van der Waals surface area contributed by atoms with Crippen LogP contribution in [0.2, 0.25) is 0 Å². The Kier molecular flexibility index (Phi) is 3.37. The molecule has 3 heterocycles. The fourth-order valence-corrected chi connectivity index (χ4v) is 3.55. The molecular formula is C17H18N4O2. The van der Waals surface area contributed by atoms with Gasteiger partial charge in [0.15, 0.2) is 5.82 Å². The number of carbonyl (C=O) groups excluding carboxylic acids is 1. The molecule has 2 amide bonds. The van der Waals surface area contributed by atoms with Gasteiger partial charge in [0.05, 0.1) is 23.6 Å². The van der Waals surface area contributed by atoms with E-state index >= 15 is 0 Å². The van der Waals surface area contributed by atoms with E-state index in [0.717, 1.165) is 31.4 Å². The van der Waals surface area contributed by atoms with Gasteiger partial charge < -0.3 is 9.88 Å². The van der Waals surface area contributed by atoms with Crippen molar-refractivity contribution >= 4 is 17.5 Å². The number of urea groups is 1. The minimum atomic E-state index is -0.169. The van der Waals surface area contributed by atoms with Gasteiger partial charge in [-0.25, -0.2) is 14.7 Å². The van der Waals surface area contributed by atoms with Gasteiger partial charge in [-0.2, -0.15) is 0 Å². The molecule has 0 saturated carbocycles. The molecule has 2 aliphatic heterocycles. The third-order valence-corrected chi connectivity index (χ3v) is 4.62. The molecule has 1 atom stereocenters. The number of fused-ring (bicyclic) bond motifs is 3. The SMILES string of the molecule is O=C1N(c2ccccc2)c2nc[nH]c(=O)c2C2CCCCCN12. The van der Waals surface area contributed by atoms with E-state index in [9.17, 15) is 9.59 Å². The van der Waals surface area contributed by atoms with Gasteiger partial charge in [0, 0.05) is 6.54 Å². The lowest BCUT2D eigenvalue weighted by Crippen LogP contribution is -2.49. The van der Waals surface area contributed by atoms with Crippen LogP contribution in [-0.4, -0.2) is 27.4 Å². The number of aromatic amines is 1. The quantitative estimate of drug-likeness (QED) is 0.880. The van der Waals surface area contributed by atoms with Crippen molar-refractivity contribution in [2.75, 3.05) is 11.4 Å². The second-order valence-electron chi connectivity index (χ2n) is 5.98. The number of benzene rings is 1. The highest BCUT2D eigenvalue weighted by molar-refractivity contribution is 6.01. The molecule has 1 aromatic heterocycles. The molecule has 6 heteroatoms. The molecule has 1 aromatic carbocycles. The first-order valence-electron chi connectivity index (χ1n) is 8.01. The molecule has 1 N–H and O–H groups in total. The number of nitrogens with one attached hydrogen (secondary N) is 1. The molecule has 0 radical (unpaired) electrons. The number of rotatable bonds is 1. The van der Waals surface area contributed by atoms with Crippen molar-refractivity contribution in [1.82, 2.24) is 14.9 Å². The standard InChI is InChI=1S/C17H18N4O2/c22-16-14-13-9-5-2-6-10-20(13)17(23)21(15(14)18-11-19-16)12-7-3-1-4-8-12/h1,3-4,7-8,11,13H,2,5-6,9-10H2,(H,18,19,22). The maximum absolute atomic E-state index is 13.1. The van der Waals surface area contributed by atoms with Crippen LogP contribution in [0.1, 0.15) is 37.3 Å². The Morgan fingerprint density at radius 3 is 2.74 bits per heavy atom. The van der Waals surface area contributed by atoms with E-state index in [2.05, 4.69) is 9.97 Å². The van der Waals surface area contributed by atoms with Crippen molar-refractivity contribution in [2.45, 2.75) is 31.7 Å². The van der Waals surface area contributed by atoms with Crippen molar-refractivity contribution in [2.24, 2.45) is 0 Å².